The van der Waals surface area contributed by atoms with Crippen LogP contribution in [0.4, 0.5) is 0 Å². The Hall–Kier alpha value is -2.50. The molecule has 3 aromatic rings. The predicted molar refractivity (Wildman–Crippen MR) is 59.6 cm³/mol. The SMILES string of the molecule is COC(=O)c1cn2nc3ccncc3c2cn1. The van der Waals surface area contributed by atoms with Crippen molar-refractivity contribution in [1.29, 1.82) is 0 Å². The van der Waals surface area contributed by atoms with E-state index in [1.807, 2.05) is 0 Å². The standard InChI is InChI=1S/C11H8N4O2/c1-17-11(16)9-6-15-10(5-13-9)7-4-12-3-2-8(7)14-15/h2-6H,1H3. The van der Waals surface area contributed by atoms with E-state index in [1.165, 1.54) is 7.11 Å². The summed E-state index contributed by atoms with van der Waals surface area (Å²) in [7, 11) is 1.32. The minimum atomic E-state index is -0.482. The second-order valence-electron chi connectivity index (χ2n) is 3.49. The molecule has 0 fully saturated rings. The molecule has 0 unspecified atom stereocenters. The normalized spacial score (nSPS) is 10.9. The second-order valence-corrected chi connectivity index (χ2v) is 3.49. The van der Waals surface area contributed by atoms with E-state index in [1.54, 1.807) is 35.4 Å². The summed E-state index contributed by atoms with van der Waals surface area (Å²) in [5.41, 5.74) is 1.84. The third kappa shape index (κ3) is 1.42. The Balaban J connectivity index is 2.30. The monoisotopic (exact) mass is 228 g/mol. The van der Waals surface area contributed by atoms with Gasteiger partial charge in [0.2, 0.25) is 0 Å². The molecular weight excluding hydrogens is 220 g/mol. The Kier molecular flexibility index (Phi) is 2.01. The number of methoxy groups -OCH3 is 1. The van der Waals surface area contributed by atoms with E-state index in [2.05, 4.69) is 19.8 Å². The minimum Gasteiger partial charge on any atom is -0.464 e. The lowest BCUT2D eigenvalue weighted by Crippen LogP contribution is -2.05. The summed E-state index contributed by atoms with van der Waals surface area (Å²) in [4.78, 5) is 19.4. The number of pyridine rings is 1. The van der Waals surface area contributed by atoms with Gasteiger partial charge in [-0.25, -0.2) is 14.3 Å². The van der Waals surface area contributed by atoms with Gasteiger partial charge in [0.1, 0.15) is 0 Å². The van der Waals surface area contributed by atoms with Crippen molar-refractivity contribution in [2.45, 2.75) is 0 Å². The van der Waals surface area contributed by atoms with Crippen molar-refractivity contribution in [3.8, 4) is 0 Å². The molecule has 6 heteroatoms. The van der Waals surface area contributed by atoms with E-state index >= 15 is 0 Å². The lowest BCUT2D eigenvalue weighted by Gasteiger charge is -1.98. The molecule has 0 aliphatic carbocycles. The highest BCUT2D eigenvalue weighted by Crippen LogP contribution is 2.17. The molecule has 17 heavy (non-hydrogen) atoms. The number of carbonyl (C=O) groups excluding carboxylic acids is 1. The molecule has 0 spiro atoms. The van der Waals surface area contributed by atoms with Gasteiger partial charge < -0.3 is 4.74 Å². The van der Waals surface area contributed by atoms with Crippen LogP contribution in [0.1, 0.15) is 10.5 Å². The van der Waals surface area contributed by atoms with Gasteiger partial charge in [-0.2, -0.15) is 5.10 Å². The highest BCUT2D eigenvalue weighted by molar-refractivity contribution is 5.94. The Bertz CT molecular complexity index is 720. The molecule has 0 saturated heterocycles. The van der Waals surface area contributed by atoms with Gasteiger partial charge in [0, 0.05) is 17.8 Å². The van der Waals surface area contributed by atoms with Crippen LogP contribution >= 0.6 is 0 Å². The summed E-state index contributed by atoms with van der Waals surface area (Å²) in [6.45, 7) is 0. The van der Waals surface area contributed by atoms with E-state index in [4.69, 9.17) is 0 Å². The molecule has 0 bridgehead atoms. The van der Waals surface area contributed by atoms with Crippen LogP contribution in [-0.2, 0) is 4.74 Å². The van der Waals surface area contributed by atoms with Crippen LogP contribution in [0.5, 0.6) is 0 Å². The molecule has 0 saturated carbocycles. The summed E-state index contributed by atoms with van der Waals surface area (Å²) in [6, 6.07) is 1.81. The van der Waals surface area contributed by atoms with Crippen LogP contribution in [0.15, 0.2) is 30.9 Å². The molecule has 0 aliphatic heterocycles. The first-order valence-corrected chi connectivity index (χ1v) is 4.96. The minimum absolute atomic E-state index is 0.223. The summed E-state index contributed by atoms with van der Waals surface area (Å²) in [6.07, 6.45) is 6.52. The van der Waals surface area contributed by atoms with Crippen LogP contribution in [-0.4, -0.2) is 32.7 Å². The summed E-state index contributed by atoms with van der Waals surface area (Å²) in [5, 5.41) is 5.22. The molecule has 84 valence electrons. The number of nitrogens with zero attached hydrogens (tertiary/aromatic N) is 4. The number of carbonyl (C=O) groups is 1. The molecule has 3 heterocycles. The van der Waals surface area contributed by atoms with E-state index in [-0.39, 0.29) is 5.69 Å². The van der Waals surface area contributed by atoms with Gasteiger partial charge in [-0.1, -0.05) is 0 Å². The molecule has 3 rings (SSSR count). The number of aromatic nitrogens is 4. The van der Waals surface area contributed by atoms with Gasteiger partial charge in [-0.05, 0) is 6.07 Å². The van der Waals surface area contributed by atoms with Gasteiger partial charge in [0.15, 0.2) is 5.69 Å². The van der Waals surface area contributed by atoms with Crippen molar-refractivity contribution < 1.29 is 9.53 Å². The fraction of sp³-hybridized carbons (Fsp3) is 0.0909. The molecule has 0 amide bonds. The molecule has 0 N–H and O–H groups in total. The van der Waals surface area contributed by atoms with Gasteiger partial charge in [-0.3, -0.25) is 4.98 Å². The first-order valence-electron chi connectivity index (χ1n) is 4.96. The molecule has 3 aromatic heterocycles. The lowest BCUT2D eigenvalue weighted by atomic mass is 10.3. The number of hydrogen-bond acceptors (Lipinski definition) is 5. The fourth-order valence-electron chi connectivity index (χ4n) is 1.68. The maximum Gasteiger partial charge on any atom is 0.358 e. The van der Waals surface area contributed by atoms with Crippen molar-refractivity contribution in [3.05, 3.63) is 36.5 Å². The zero-order valence-electron chi connectivity index (χ0n) is 8.99. The van der Waals surface area contributed by atoms with Gasteiger partial charge in [-0.15, -0.1) is 0 Å². The second kappa shape index (κ2) is 3.51. The smallest absolute Gasteiger partial charge is 0.358 e. The number of ether oxygens (including phenoxy) is 1. The zero-order valence-corrected chi connectivity index (χ0v) is 8.99. The van der Waals surface area contributed by atoms with Crippen LogP contribution in [0.3, 0.4) is 0 Å². The van der Waals surface area contributed by atoms with E-state index in [9.17, 15) is 4.79 Å². The highest BCUT2D eigenvalue weighted by atomic mass is 16.5. The van der Waals surface area contributed by atoms with Crippen molar-refractivity contribution >= 4 is 22.4 Å². The summed E-state index contributed by atoms with van der Waals surface area (Å²) < 4.78 is 6.21. The maximum absolute atomic E-state index is 11.3. The number of esters is 1. The Labute approximate surface area is 95.9 Å². The van der Waals surface area contributed by atoms with Crippen molar-refractivity contribution in [2.75, 3.05) is 7.11 Å². The van der Waals surface area contributed by atoms with Gasteiger partial charge in [0.05, 0.1) is 30.5 Å². The molecule has 0 aliphatic rings. The third-order valence-corrected chi connectivity index (χ3v) is 2.50. The first kappa shape index (κ1) is 9.71. The topological polar surface area (TPSA) is 69.4 Å². The average Bonchev–Trinajstić information content (AvgIpc) is 2.75. The molecule has 0 radical (unpaired) electrons. The van der Waals surface area contributed by atoms with Crippen molar-refractivity contribution in [1.82, 2.24) is 19.6 Å². The molecule has 0 aromatic carbocycles. The predicted octanol–water partition coefficient (Wildman–Crippen LogP) is 1.06. The zero-order chi connectivity index (χ0) is 11.8. The number of rotatable bonds is 1. The lowest BCUT2D eigenvalue weighted by molar-refractivity contribution is 0.0593. The summed E-state index contributed by atoms with van der Waals surface area (Å²) >= 11 is 0. The van der Waals surface area contributed by atoms with Gasteiger partial charge >= 0.3 is 5.97 Å². The Morgan fingerprint density at radius 1 is 1.41 bits per heavy atom. The van der Waals surface area contributed by atoms with E-state index in [0.29, 0.717) is 0 Å². The van der Waals surface area contributed by atoms with Gasteiger partial charge in [0.25, 0.3) is 0 Å². The molecule has 0 atom stereocenters. The first-order chi connectivity index (χ1) is 8.29. The van der Waals surface area contributed by atoms with Crippen LogP contribution in [0.25, 0.3) is 16.4 Å². The quantitative estimate of drug-likeness (QED) is 0.582. The fourth-order valence-corrected chi connectivity index (χ4v) is 1.68. The summed E-state index contributed by atoms with van der Waals surface area (Å²) in [5.74, 6) is -0.482. The Morgan fingerprint density at radius 3 is 3.12 bits per heavy atom. The number of fused-ring (bicyclic) bond motifs is 3. The van der Waals surface area contributed by atoms with Crippen molar-refractivity contribution in [2.24, 2.45) is 0 Å². The largest absolute Gasteiger partial charge is 0.464 e. The van der Waals surface area contributed by atoms with Crippen LogP contribution < -0.4 is 0 Å². The molecular formula is C11H8N4O2. The number of hydrogen-bond donors (Lipinski definition) is 0. The van der Waals surface area contributed by atoms with Crippen LogP contribution in [0.2, 0.25) is 0 Å². The highest BCUT2D eigenvalue weighted by Gasteiger charge is 2.10. The molecule has 6 nitrogen and oxygen atoms in total. The average molecular weight is 228 g/mol. The van der Waals surface area contributed by atoms with E-state index in [0.717, 1.165) is 16.4 Å². The maximum atomic E-state index is 11.3. The third-order valence-electron chi connectivity index (χ3n) is 2.50. The Morgan fingerprint density at radius 2 is 2.29 bits per heavy atom. The van der Waals surface area contributed by atoms with Crippen LogP contribution in [0, 0.1) is 0 Å². The van der Waals surface area contributed by atoms with Crippen molar-refractivity contribution in [3.63, 3.8) is 0 Å². The van der Waals surface area contributed by atoms with E-state index < -0.39 is 5.97 Å².